The first kappa shape index (κ1) is 12.8. The topological polar surface area (TPSA) is 60.8 Å². The van der Waals surface area contributed by atoms with E-state index in [-0.39, 0.29) is 0 Å². The second-order valence-corrected chi connectivity index (χ2v) is 5.89. The van der Waals surface area contributed by atoms with Crippen LogP contribution in [0.5, 0.6) is 0 Å². The van der Waals surface area contributed by atoms with Crippen LogP contribution in [0, 0.1) is 5.92 Å². The van der Waals surface area contributed by atoms with Crippen molar-refractivity contribution < 1.29 is 15.0 Å². The van der Waals surface area contributed by atoms with Gasteiger partial charge in [0.25, 0.3) is 0 Å². The molecule has 17 heavy (non-hydrogen) atoms. The summed E-state index contributed by atoms with van der Waals surface area (Å²) in [6.45, 7) is 3.45. The summed E-state index contributed by atoms with van der Waals surface area (Å²) in [5.74, 6) is -0.260. The van der Waals surface area contributed by atoms with Crippen molar-refractivity contribution in [2.75, 3.05) is 13.1 Å². The maximum atomic E-state index is 11.3. The van der Waals surface area contributed by atoms with Crippen LogP contribution in [-0.2, 0) is 4.79 Å². The highest BCUT2D eigenvalue weighted by Crippen LogP contribution is 2.32. The van der Waals surface area contributed by atoms with Crippen LogP contribution < -0.4 is 0 Å². The summed E-state index contributed by atoms with van der Waals surface area (Å²) >= 11 is 0. The number of hydrogen-bond donors (Lipinski definition) is 2. The Kier molecular flexibility index (Phi) is 3.73. The average molecular weight is 241 g/mol. The van der Waals surface area contributed by atoms with Crippen LogP contribution >= 0.6 is 0 Å². The Balaban J connectivity index is 2.00. The summed E-state index contributed by atoms with van der Waals surface area (Å²) < 4.78 is 0. The molecule has 1 heterocycles. The second-order valence-electron chi connectivity index (χ2n) is 5.89. The van der Waals surface area contributed by atoms with Crippen LogP contribution in [0.1, 0.15) is 45.4 Å². The molecule has 2 N–H and O–H groups in total. The smallest absolute Gasteiger partial charge is 0.320 e. The molecule has 1 saturated heterocycles. The van der Waals surface area contributed by atoms with Crippen molar-refractivity contribution in [3.63, 3.8) is 0 Å². The molecule has 0 aromatic heterocycles. The minimum atomic E-state index is -0.738. The number of carboxylic acid groups (broad SMARTS) is 1. The molecule has 0 aromatic rings. The summed E-state index contributed by atoms with van der Waals surface area (Å²) in [4.78, 5) is 13.2. The molecule has 0 radical (unpaired) electrons. The molecule has 0 amide bonds. The first-order chi connectivity index (χ1) is 8.00. The van der Waals surface area contributed by atoms with E-state index in [9.17, 15) is 15.0 Å². The summed E-state index contributed by atoms with van der Waals surface area (Å²) in [6.07, 6.45) is 5.54. The molecule has 1 aliphatic carbocycles. The monoisotopic (exact) mass is 241 g/mol. The van der Waals surface area contributed by atoms with Crippen LogP contribution in [0.25, 0.3) is 0 Å². The molecule has 2 aliphatic rings. The van der Waals surface area contributed by atoms with E-state index in [4.69, 9.17) is 0 Å². The summed E-state index contributed by atoms with van der Waals surface area (Å²) in [7, 11) is 0. The van der Waals surface area contributed by atoms with Crippen molar-refractivity contribution in [2.45, 2.75) is 57.1 Å². The highest BCUT2D eigenvalue weighted by atomic mass is 16.4. The third kappa shape index (κ3) is 2.99. The summed E-state index contributed by atoms with van der Waals surface area (Å²) in [5, 5.41) is 19.6. The van der Waals surface area contributed by atoms with Crippen molar-refractivity contribution in [1.29, 1.82) is 0 Å². The molecule has 1 aliphatic heterocycles. The molecular weight excluding hydrogens is 218 g/mol. The van der Waals surface area contributed by atoms with Crippen LogP contribution in [-0.4, -0.2) is 45.8 Å². The van der Waals surface area contributed by atoms with Gasteiger partial charge in [0, 0.05) is 6.54 Å². The number of hydrogen-bond acceptors (Lipinski definition) is 3. The Morgan fingerprint density at radius 1 is 1.41 bits per heavy atom. The van der Waals surface area contributed by atoms with Gasteiger partial charge in [-0.25, -0.2) is 0 Å². The molecule has 0 spiro atoms. The molecule has 2 fully saturated rings. The Morgan fingerprint density at radius 2 is 2.06 bits per heavy atom. The number of rotatable bonds is 3. The molecule has 0 aromatic carbocycles. The molecule has 2 atom stereocenters. The maximum absolute atomic E-state index is 11.3. The highest BCUT2D eigenvalue weighted by molar-refractivity contribution is 5.73. The van der Waals surface area contributed by atoms with Crippen molar-refractivity contribution in [2.24, 2.45) is 5.92 Å². The predicted molar refractivity (Wildman–Crippen MR) is 64.8 cm³/mol. The Labute approximate surface area is 103 Å². The third-order valence-electron chi connectivity index (χ3n) is 4.29. The fourth-order valence-corrected chi connectivity index (χ4v) is 3.21. The molecule has 4 heteroatoms. The minimum absolute atomic E-state index is 0.400. The van der Waals surface area contributed by atoms with Gasteiger partial charge in [-0.3, -0.25) is 9.69 Å². The Bertz CT molecular complexity index is 286. The number of β-amino-alcohol motifs (C(OH)–C–C–N with tert-alkyl or cyclic N) is 1. The van der Waals surface area contributed by atoms with Crippen LogP contribution in [0.3, 0.4) is 0 Å². The lowest BCUT2D eigenvalue weighted by molar-refractivity contribution is -0.147. The van der Waals surface area contributed by atoms with Crippen molar-refractivity contribution in [3.05, 3.63) is 0 Å². The maximum Gasteiger partial charge on any atom is 0.320 e. The standard InChI is InChI=1S/C13H23NO3/c1-10-4-7-14(11(8-10)12(15)16)9-13(17)5-2-3-6-13/h10-11,17H,2-9H2,1H3,(H,15,16). The SMILES string of the molecule is CC1CCN(CC2(O)CCCC2)C(C(=O)O)C1. The van der Waals surface area contributed by atoms with E-state index in [2.05, 4.69) is 6.92 Å². The summed E-state index contributed by atoms with van der Waals surface area (Å²) in [5.41, 5.74) is -0.631. The Morgan fingerprint density at radius 3 is 2.65 bits per heavy atom. The quantitative estimate of drug-likeness (QED) is 0.785. The third-order valence-corrected chi connectivity index (χ3v) is 4.29. The van der Waals surface area contributed by atoms with Crippen LogP contribution in [0.2, 0.25) is 0 Å². The van der Waals surface area contributed by atoms with Crippen molar-refractivity contribution >= 4 is 5.97 Å². The number of likely N-dealkylation sites (tertiary alicyclic amines) is 1. The zero-order valence-electron chi connectivity index (χ0n) is 10.6. The van der Waals surface area contributed by atoms with Gasteiger partial charge in [-0.05, 0) is 38.1 Å². The van der Waals surface area contributed by atoms with Gasteiger partial charge in [0.05, 0.1) is 5.60 Å². The molecule has 0 bridgehead atoms. The molecular formula is C13H23NO3. The average Bonchev–Trinajstić information content (AvgIpc) is 2.67. The fourth-order valence-electron chi connectivity index (χ4n) is 3.21. The van der Waals surface area contributed by atoms with Gasteiger partial charge in [-0.15, -0.1) is 0 Å². The van der Waals surface area contributed by atoms with E-state index < -0.39 is 17.6 Å². The van der Waals surface area contributed by atoms with Gasteiger partial charge in [-0.1, -0.05) is 19.8 Å². The highest BCUT2D eigenvalue weighted by Gasteiger charge is 2.39. The van der Waals surface area contributed by atoms with Gasteiger partial charge in [-0.2, -0.15) is 0 Å². The number of piperidine rings is 1. The Hall–Kier alpha value is -0.610. The molecule has 2 rings (SSSR count). The van der Waals surface area contributed by atoms with E-state index in [1.54, 1.807) is 0 Å². The fraction of sp³-hybridized carbons (Fsp3) is 0.923. The zero-order valence-corrected chi connectivity index (χ0v) is 10.6. The van der Waals surface area contributed by atoms with Gasteiger partial charge in [0.2, 0.25) is 0 Å². The summed E-state index contributed by atoms with van der Waals surface area (Å²) in [6, 6.07) is -0.400. The van der Waals surface area contributed by atoms with Gasteiger partial charge in [0.1, 0.15) is 6.04 Å². The first-order valence-corrected chi connectivity index (χ1v) is 6.69. The molecule has 2 unspecified atom stereocenters. The first-order valence-electron chi connectivity index (χ1n) is 6.69. The number of nitrogens with zero attached hydrogens (tertiary/aromatic N) is 1. The largest absolute Gasteiger partial charge is 0.480 e. The lowest BCUT2D eigenvalue weighted by Gasteiger charge is -2.39. The number of carbonyl (C=O) groups is 1. The van der Waals surface area contributed by atoms with E-state index in [0.29, 0.717) is 18.9 Å². The predicted octanol–water partition coefficient (Wildman–Crippen LogP) is 1.48. The van der Waals surface area contributed by atoms with E-state index in [1.807, 2.05) is 4.90 Å². The molecule has 4 nitrogen and oxygen atoms in total. The number of aliphatic hydroxyl groups is 1. The van der Waals surface area contributed by atoms with E-state index in [0.717, 1.165) is 38.6 Å². The zero-order chi connectivity index (χ0) is 12.5. The lowest BCUT2D eigenvalue weighted by atomic mass is 9.90. The molecule has 1 saturated carbocycles. The van der Waals surface area contributed by atoms with Crippen molar-refractivity contribution in [3.8, 4) is 0 Å². The van der Waals surface area contributed by atoms with Crippen LogP contribution in [0.4, 0.5) is 0 Å². The van der Waals surface area contributed by atoms with Gasteiger partial charge >= 0.3 is 5.97 Å². The van der Waals surface area contributed by atoms with Gasteiger partial charge < -0.3 is 10.2 Å². The van der Waals surface area contributed by atoms with Crippen LogP contribution in [0.15, 0.2) is 0 Å². The molecule has 98 valence electrons. The van der Waals surface area contributed by atoms with E-state index >= 15 is 0 Å². The lowest BCUT2D eigenvalue weighted by Crippen LogP contribution is -2.52. The number of carboxylic acids is 1. The minimum Gasteiger partial charge on any atom is -0.480 e. The van der Waals surface area contributed by atoms with E-state index in [1.165, 1.54) is 0 Å². The van der Waals surface area contributed by atoms with Crippen molar-refractivity contribution in [1.82, 2.24) is 4.90 Å². The second kappa shape index (κ2) is 4.94. The number of aliphatic carboxylic acids is 1. The van der Waals surface area contributed by atoms with Gasteiger partial charge in [0.15, 0.2) is 0 Å². The normalized spacial score (nSPS) is 33.8.